The van der Waals surface area contributed by atoms with Gasteiger partial charge in [0.25, 0.3) is 0 Å². The molecule has 372 valence electrons. The summed E-state index contributed by atoms with van der Waals surface area (Å²) in [6.07, 6.45) is -0.805. The van der Waals surface area contributed by atoms with E-state index < -0.39 is 103 Å². The molecule has 0 amide bonds. The smallest absolute Gasteiger partial charge is 0.149 e. The maximum atomic E-state index is 13.4. The number of pyridine rings is 1. The quantitative estimate of drug-likeness (QED) is 0.165. The Hall–Kier alpha value is -7.04. The standard InChI is InChI=1S/C69H75N3O/c1-65(2,3)43-44-29-31-45(32-30-44)48-33-34-70-59(38-48)50-35-49(36-51(37-50)66(4,5)6)54-27-22-28-60-61(54)71-64(57-41-53(68(10,11)12)42-58(63(57)73)69(13,14)15)72(60)62-55(46-23-18-16-19-24-46)39-52(67(7,8)9)40-56(62)47-25-20-17-21-26-47/h16-42,73H,43H2,1-15H3/i10D3,11D3,12D3,13D3,14D3,15D3,31D,32D,33D,38D,43D2. The van der Waals surface area contributed by atoms with E-state index in [1.54, 1.807) is 87.5 Å². The summed E-state index contributed by atoms with van der Waals surface area (Å²) in [4.78, 5) is 9.93. The third-order valence-electron chi connectivity index (χ3n) is 12.8. The predicted octanol–water partition coefficient (Wildman–Crippen LogP) is 18.9. The molecule has 2 aromatic heterocycles. The first-order valence-electron chi connectivity index (χ1n) is 36.1. The predicted molar refractivity (Wildman–Crippen MR) is 311 cm³/mol. The molecule has 0 radical (unpaired) electrons. The second kappa shape index (κ2) is 18.8. The number of benzene rings is 7. The molecule has 2 heterocycles. The highest BCUT2D eigenvalue weighted by molar-refractivity contribution is 6.00. The molecule has 73 heavy (non-hydrogen) atoms. The second-order valence-electron chi connectivity index (χ2n) is 21.8. The van der Waals surface area contributed by atoms with E-state index in [9.17, 15) is 9.22 Å². The summed E-state index contributed by atoms with van der Waals surface area (Å²) >= 11 is 0. The molecule has 0 atom stereocenters. The van der Waals surface area contributed by atoms with E-state index in [0.717, 1.165) is 5.56 Å². The molecule has 4 heteroatoms. The summed E-state index contributed by atoms with van der Waals surface area (Å²) in [7, 11) is 0. The molecule has 7 aromatic carbocycles. The lowest BCUT2D eigenvalue weighted by Gasteiger charge is -2.28. The lowest BCUT2D eigenvalue weighted by atomic mass is 9.78. The van der Waals surface area contributed by atoms with Gasteiger partial charge >= 0.3 is 0 Å². The highest BCUT2D eigenvalue weighted by Crippen LogP contribution is 2.48. The largest absolute Gasteiger partial charge is 0.507 e. The van der Waals surface area contributed by atoms with Crippen molar-refractivity contribution in [1.29, 1.82) is 0 Å². The topological polar surface area (TPSA) is 50.9 Å². The minimum atomic E-state index is -4.24. The summed E-state index contributed by atoms with van der Waals surface area (Å²) in [5.74, 6) is -1.97. The van der Waals surface area contributed by atoms with Crippen molar-refractivity contribution in [2.45, 2.75) is 131 Å². The third-order valence-corrected chi connectivity index (χ3v) is 12.8. The molecular formula is C69H75N3O. The third kappa shape index (κ3) is 10.6. The Morgan fingerprint density at radius 2 is 1.08 bits per heavy atom. The number of aromatic nitrogens is 3. The zero-order valence-electron chi connectivity index (χ0n) is 66.6. The fourth-order valence-electron chi connectivity index (χ4n) is 9.05. The Morgan fingerprint density at radius 3 is 1.66 bits per heavy atom. The first kappa shape index (κ1) is 29.0. The molecule has 0 spiro atoms. The molecule has 0 aliphatic carbocycles. The summed E-state index contributed by atoms with van der Waals surface area (Å²) in [5.41, 5.74) is -9.62. The average molecular weight is 987 g/mol. The van der Waals surface area contributed by atoms with Crippen molar-refractivity contribution in [3.8, 4) is 78.6 Å². The molecule has 9 aromatic rings. The molecule has 0 saturated heterocycles. The molecule has 0 bridgehead atoms. The van der Waals surface area contributed by atoms with Crippen molar-refractivity contribution < 1.29 is 38.0 Å². The van der Waals surface area contributed by atoms with Crippen molar-refractivity contribution in [2.75, 3.05) is 0 Å². The van der Waals surface area contributed by atoms with Gasteiger partial charge in [-0.05, 0) is 132 Å². The number of phenols is 1. The van der Waals surface area contributed by atoms with Crippen molar-refractivity contribution in [1.82, 2.24) is 14.5 Å². The van der Waals surface area contributed by atoms with Crippen LogP contribution in [0.3, 0.4) is 0 Å². The summed E-state index contributed by atoms with van der Waals surface area (Å²) in [5, 5.41) is 13.4. The van der Waals surface area contributed by atoms with E-state index in [1.807, 2.05) is 84.0 Å². The Morgan fingerprint density at radius 1 is 0.521 bits per heavy atom. The van der Waals surface area contributed by atoms with Crippen molar-refractivity contribution in [2.24, 2.45) is 5.41 Å². The first-order chi connectivity index (χ1) is 44.2. The van der Waals surface area contributed by atoms with Crippen LogP contribution in [0.1, 0.15) is 164 Å². The Balaban J connectivity index is 1.54. The van der Waals surface area contributed by atoms with Crippen LogP contribution >= 0.6 is 0 Å². The number of aromatic hydroxyl groups is 1. The first-order valence-corrected chi connectivity index (χ1v) is 24.1. The highest BCUT2D eigenvalue weighted by Gasteiger charge is 2.31. The van der Waals surface area contributed by atoms with Crippen LogP contribution in [0.4, 0.5) is 0 Å². The molecule has 0 unspecified atom stereocenters. The maximum absolute atomic E-state index is 13.4. The molecule has 1 N–H and O–H groups in total. The van der Waals surface area contributed by atoms with E-state index in [1.165, 1.54) is 22.9 Å². The highest BCUT2D eigenvalue weighted by atomic mass is 16.3. The van der Waals surface area contributed by atoms with Gasteiger partial charge < -0.3 is 5.11 Å². The summed E-state index contributed by atoms with van der Waals surface area (Å²) in [6.45, 7) is -8.24. The SMILES string of the molecule is [2H]c1cc(C([2H])([2H])C(C)(C)C)cc([2H])c1-c1c([2H])cnc(-c2cc(-c3cccc4c3nc(-c3cc(C(C([2H])([2H])[2H])(C([2H])([2H])[2H])C([2H])([2H])[2H])cc(C(C([2H])([2H])[2H])(C([2H])([2H])[2H])C([2H])([2H])[2H])c3O)n4-c3c(-c4ccccc4)cc(C(C)(C)C)cc3-c3ccccc3)cc(C(C)(C)C)c2)c1[2H]. The number of phenolic OH excluding ortho intramolecular Hbond substituents is 1. The van der Waals surface area contributed by atoms with Gasteiger partial charge in [-0.15, -0.1) is 0 Å². The van der Waals surface area contributed by atoms with E-state index in [2.05, 4.69) is 4.98 Å². The number of hydrogen-bond acceptors (Lipinski definition) is 3. The fourth-order valence-corrected chi connectivity index (χ4v) is 9.05. The van der Waals surface area contributed by atoms with Gasteiger partial charge in [0.15, 0.2) is 0 Å². The summed E-state index contributed by atoms with van der Waals surface area (Å²) in [6, 6.07) is 34.3. The zero-order chi connectivity index (χ0) is 72.7. The Kier molecular flexibility index (Phi) is 7.46. The molecule has 0 saturated carbocycles. The van der Waals surface area contributed by atoms with Gasteiger partial charge in [-0.3, -0.25) is 9.55 Å². The van der Waals surface area contributed by atoms with E-state index >= 15 is 0 Å². The van der Waals surface area contributed by atoms with Crippen LogP contribution in [-0.4, -0.2) is 19.6 Å². The van der Waals surface area contributed by atoms with Crippen LogP contribution in [0, 0.1) is 5.41 Å². The Labute approximate surface area is 470 Å². The average Bonchev–Trinajstić information content (AvgIpc) is 1.39. The molecule has 0 aliphatic heterocycles. The number of imidazole rings is 1. The molecule has 0 aliphatic rings. The normalized spacial score (nSPS) is 18.8. The minimum Gasteiger partial charge on any atom is -0.507 e. The Bertz CT molecular complexity index is 4360. The molecule has 9 rings (SSSR count). The number of rotatable bonds is 8. The van der Waals surface area contributed by atoms with Gasteiger partial charge in [-0.25, -0.2) is 4.98 Å². The molecular weight excluding hydrogens is 887 g/mol. The lowest BCUT2D eigenvalue weighted by molar-refractivity contribution is 0.411. The van der Waals surface area contributed by atoms with Crippen LogP contribution in [-0.2, 0) is 28.0 Å². The van der Waals surface area contributed by atoms with E-state index in [-0.39, 0.29) is 74.9 Å². The van der Waals surface area contributed by atoms with Crippen LogP contribution in [0.5, 0.6) is 5.75 Å². The van der Waals surface area contributed by atoms with Gasteiger partial charge in [0, 0.05) is 61.4 Å². The molecule has 4 nitrogen and oxygen atoms in total. The number of para-hydroxylation sites is 1. The zero-order valence-corrected chi connectivity index (χ0v) is 42.6. The van der Waals surface area contributed by atoms with Crippen LogP contribution in [0.15, 0.2) is 164 Å². The lowest BCUT2D eigenvalue weighted by Crippen LogP contribution is -2.17. The van der Waals surface area contributed by atoms with Crippen molar-refractivity contribution in [3.05, 3.63) is 192 Å². The van der Waals surface area contributed by atoms with Crippen molar-refractivity contribution in [3.63, 3.8) is 0 Å². The molecule has 0 fully saturated rings. The monoisotopic (exact) mass is 986 g/mol. The maximum Gasteiger partial charge on any atom is 0.149 e. The summed E-state index contributed by atoms with van der Waals surface area (Å²) < 4.78 is 218. The van der Waals surface area contributed by atoms with Crippen molar-refractivity contribution >= 4 is 11.0 Å². The van der Waals surface area contributed by atoms with Gasteiger partial charge in [0.1, 0.15) is 11.6 Å². The van der Waals surface area contributed by atoms with Crippen LogP contribution in [0.25, 0.3) is 83.9 Å². The van der Waals surface area contributed by atoms with Gasteiger partial charge in [0.2, 0.25) is 0 Å². The van der Waals surface area contributed by atoms with E-state index in [4.69, 9.17) is 33.8 Å². The van der Waals surface area contributed by atoms with Gasteiger partial charge in [-0.1, -0.05) is 213 Å². The van der Waals surface area contributed by atoms with Crippen LogP contribution < -0.4 is 0 Å². The van der Waals surface area contributed by atoms with Gasteiger partial charge in [-0.2, -0.15) is 0 Å². The van der Waals surface area contributed by atoms with E-state index in [0.29, 0.717) is 45.0 Å². The number of hydrogen-bond donors (Lipinski definition) is 1. The number of fused-ring (bicyclic) bond motifs is 1. The van der Waals surface area contributed by atoms with Gasteiger partial charge in [0.05, 0.1) is 33.5 Å². The number of nitrogens with zero attached hydrogens (tertiary/aromatic N) is 3. The minimum absolute atomic E-state index is 0.000331. The van der Waals surface area contributed by atoms with Crippen LogP contribution in [0.2, 0.25) is 0 Å². The second-order valence-corrected chi connectivity index (χ2v) is 21.8. The fraction of sp³-hybridized carbons (Fsp3) is 0.304.